The lowest BCUT2D eigenvalue weighted by atomic mass is 10.2. The van der Waals surface area contributed by atoms with Crippen LogP contribution < -0.4 is 5.43 Å². The van der Waals surface area contributed by atoms with E-state index in [4.69, 9.17) is 0 Å². The van der Waals surface area contributed by atoms with Crippen molar-refractivity contribution >= 4 is 32.7 Å². The summed E-state index contributed by atoms with van der Waals surface area (Å²) in [4.78, 5) is 4.62. The van der Waals surface area contributed by atoms with E-state index >= 15 is 0 Å². The second-order valence-corrected chi connectivity index (χ2v) is 8.75. The van der Waals surface area contributed by atoms with Crippen LogP contribution in [0.1, 0.15) is 5.56 Å². The summed E-state index contributed by atoms with van der Waals surface area (Å²) in [6.07, 6.45) is 1.39. The number of hydrogen-bond acceptors (Lipinski definition) is 6. The van der Waals surface area contributed by atoms with E-state index in [0.29, 0.717) is 16.4 Å². The number of nitrogens with one attached hydrogen (secondary N) is 1. The third-order valence-electron chi connectivity index (χ3n) is 3.70. The first-order valence-electron chi connectivity index (χ1n) is 7.90. The standard InChI is InChI=1S/C18H17FN4O2S2/c1-23(2)27(24,25)15-9-7-13(8-10-15)17-12-26-18(21-17)22-20-11-14-5-3-4-6-16(14)19/h3-12H,1-2H3,(H,21,22)/b20-11+. The summed E-state index contributed by atoms with van der Waals surface area (Å²) in [5.74, 6) is -0.351. The number of hydrogen-bond donors (Lipinski definition) is 1. The second-order valence-electron chi connectivity index (χ2n) is 5.74. The molecule has 0 amide bonds. The van der Waals surface area contributed by atoms with E-state index < -0.39 is 10.0 Å². The van der Waals surface area contributed by atoms with Crippen LogP contribution in [0.3, 0.4) is 0 Å². The molecule has 1 N–H and O–H groups in total. The topological polar surface area (TPSA) is 74.7 Å². The Bertz CT molecular complexity index is 1060. The first kappa shape index (κ1) is 19.2. The third-order valence-corrected chi connectivity index (χ3v) is 6.28. The third kappa shape index (κ3) is 4.38. The van der Waals surface area contributed by atoms with Gasteiger partial charge in [0.1, 0.15) is 5.82 Å². The van der Waals surface area contributed by atoms with Crippen LogP contribution in [0.4, 0.5) is 9.52 Å². The fourth-order valence-corrected chi connectivity index (χ4v) is 3.77. The summed E-state index contributed by atoms with van der Waals surface area (Å²) in [5.41, 5.74) is 4.62. The molecule has 0 bridgehead atoms. The molecule has 1 aromatic heterocycles. The van der Waals surface area contributed by atoms with E-state index in [2.05, 4.69) is 15.5 Å². The van der Waals surface area contributed by atoms with Gasteiger partial charge in [-0.2, -0.15) is 5.10 Å². The summed E-state index contributed by atoms with van der Waals surface area (Å²) in [6, 6.07) is 12.8. The van der Waals surface area contributed by atoms with Crippen LogP contribution in [0, 0.1) is 5.82 Å². The zero-order valence-corrected chi connectivity index (χ0v) is 16.3. The lowest BCUT2D eigenvalue weighted by Crippen LogP contribution is -2.22. The second kappa shape index (κ2) is 7.95. The summed E-state index contributed by atoms with van der Waals surface area (Å²) < 4.78 is 38.9. The number of benzene rings is 2. The molecule has 27 heavy (non-hydrogen) atoms. The van der Waals surface area contributed by atoms with Crippen molar-refractivity contribution in [1.29, 1.82) is 0 Å². The fraction of sp³-hybridized carbons (Fsp3) is 0.111. The maximum Gasteiger partial charge on any atom is 0.242 e. The smallest absolute Gasteiger partial charge is 0.242 e. The number of rotatable bonds is 6. The van der Waals surface area contributed by atoms with Gasteiger partial charge in [-0.1, -0.05) is 30.3 Å². The fourth-order valence-electron chi connectivity index (χ4n) is 2.20. The molecule has 2 aromatic carbocycles. The van der Waals surface area contributed by atoms with Crippen LogP contribution in [-0.2, 0) is 10.0 Å². The highest BCUT2D eigenvalue weighted by Crippen LogP contribution is 2.26. The minimum atomic E-state index is -3.46. The number of aromatic nitrogens is 1. The maximum atomic E-state index is 13.5. The first-order valence-corrected chi connectivity index (χ1v) is 10.2. The van der Waals surface area contributed by atoms with Gasteiger partial charge in [0.05, 0.1) is 16.8 Å². The van der Waals surface area contributed by atoms with Crippen molar-refractivity contribution in [2.24, 2.45) is 5.10 Å². The van der Waals surface area contributed by atoms with Crippen LogP contribution >= 0.6 is 11.3 Å². The van der Waals surface area contributed by atoms with Gasteiger partial charge in [0.2, 0.25) is 15.2 Å². The normalized spacial score (nSPS) is 12.0. The van der Waals surface area contributed by atoms with E-state index in [9.17, 15) is 12.8 Å². The summed E-state index contributed by atoms with van der Waals surface area (Å²) in [7, 11) is -0.480. The molecule has 140 valence electrons. The van der Waals surface area contributed by atoms with Gasteiger partial charge < -0.3 is 0 Å². The summed E-state index contributed by atoms with van der Waals surface area (Å²) in [6.45, 7) is 0. The first-order chi connectivity index (χ1) is 12.9. The monoisotopic (exact) mass is 404 g/mol. The Morgan fingerprint density at radius 1 is 1.15 bits per heavy atom. The molecular weight excluding hydrogens is 387 g/mol. The van der Waals surface area contributed by atoms with E-state index in [1.165, 1.54) is 42.0 Å². The maximum absolute atomic E-state index is 13.5. The molecule has 0 unspecified atom stereocenters. The van der Waals surface area contributed by atoms with Crippen LogP contribution in [0.25, 0.3) is 11.3 Å². The van der Waals surface area contributed by atoms with Crippen molar-refractivity contribution in [3.05, 3.63) is 65.3 Å². The lowest BCUT2D eigenvalue weighted by molar-refractivity contribution is 0.521. The molecule has 0 saturated heterocycles. The molecule has 3 aromatic rings. The molecule has 0 atom stereocenters. The highest BCUT2D eigenvalue weighted by molar-refractivity contribution is 7.89. The average Bonchev–Trinajstić information content (AvgIpc) is 3.12. The molecule has 0 radical (unpaired) electrons. The van der Waals surface area contributed by atoms with Crippen molar-refractivity contribution in [1.82, 2.24) is 9.29 Å². The van der Waals surface area contributed by atoms with Crippen LogP contribution in [0.15, 0.2) is 63.9 Å². The Labute approximate surface area is 161 Å². The minimum absolute atomic E-state index is 0.222. The predicted octanol–water partition coefficient (Wildman–Crippen LogP) is 3.65. The van der Waals surface area contributed by atoms with E-state index in [0.717, 1.165) is 5.56 Å². The molecule has 0 aliphatic heterocycles. The van der Waals surface area contributed by atoms with Gasteiger partial charge in [0.15, 0.2) is 0 Å². The highest BCUT2D eigenvalue weighted by Gasteiger charge is 2.17. The average molecular weight is 404 g/mol. The van der Waals surface area contributed by atoms with Gasteiger partial charge in [0, 0.05) is 30.6 Å². The molecule has 9 heteroatoms. The molecule has 0 aliphatic rings. The van der Waals surface area contributed by atoms with Gasteiger partial charge in [-0.3, -0.25) is 5.43 Å². The largest absolute Gasteiger partial charge is 0.253 e. The quantitative estimate of drug-likeness (QED) is 0.503. The molecule has 0 saturated carbocycles. The molecule has 0 aliphatic carbocycles. The molecule has 1 heterocycles. The molecule has 6 nitrogen and oxygen atoms in total. The SMILES string of the molecule is CN(C)S(=O)(=O)c1ccc(-c2csc(N/N=C/c3ccccc3F)n2)cc1. The van der Waals surface area contributed by atoms with Crippen molar-refractivity contribution in [3.8, 4) is 11.3 Å². The van der Waals surface area contributed by atoms with E-state index in [-0.39, 0.29) is 10.7 Å². The Hall–Kier alpha value is -2.62. The van der Waals surface area contributed by atoms with Gasteiger partial charge >= 0.3 is 0 Å². The molecular formula is C18H17FN4O2S2. The zero-order valence-electron chi connectivity index (χ0n) is 14.6. The summed E-state index contributed by atoms with van der Waals surface area (Å²) >= 11 is 1.34. The number of anilines is 1. The van der Waals surface area contributed by atoms with E-state index in [1.807, 2.05) is 5.38 Å². The zero-order chi connectivity index (χ0) is 19.4. The number of thiazole rings is 1. The Morgan fingerprint density at radius 3 is 2.52 bits per heavy atom. The number of nitrogens with zero attached hydrogens (tertiary/aromatic N) is 3. The van der Waals surface area contributed by atoms with Gasteiger partial charge in [-0.05, 0) is 18.2 Å². The van der Waals surface area contributed by atoms with Crippen molar-refractivity contribution in [2.75, 3.05) is 19.5 Å². The molecule has 0 spiro atoms. The number of hydrazone groups is 1. The van der Waals surface area contributed by atoms with Crippen LogP contribution in [0.5, 0.6) is 0 Å². The van der Waals surface area contributed by atoms with Crippen molar-refractivity contribution in [3.63, 3.8) is 0 Å². The van der Waals surface area contributed by atoms with Gasteiger partial charge in [-0.15, -0.1) is 11.3 Å². The number of halogens is 1. The predicted molar refractivity (Wildman–Crippen MR) is 106 cm³/mol. The van der Waals surface area contributed by atoms with Gasteiger partial charge in [0.25, 0.3) is 0 Å². The van der Waals surface area contributed by atoms with Crippen molar-refractivity contribution in [2.45, 2.75) is 4.90 Å². The molecule has 0 fully saturated rings. The Kier molecular flexibility index (Phi) is 5.64. The highest BCUT2D eigenvalue weighted by atomic mass is 32.2. The van der Waals surface area contributed by atoms with Crippen LogP contribution in [0.2, 0.25) is 0 Å². The molecule has 3 rings (SSSR count). The van der Waals surface area contributed by atoms with Crippen molar-refractivity contribution < 1.29 is 12.8 Å². The Balaban J connectivity index is 1.71. The van der Waals surface area contributed by atoms with E-state index in [1.54, 1.807) is 42.5 Å². The van der Waals surface area contributed by atoms with Gasteiger partial charge in [-0.25, -0.2) is 22.1 Å². The minimum Gasteiger partial charge on any atom is -0.253 e. The Morgan fingerprint density at radius 2 is 1.85 bits per heavy atom. The lowest BCUT2D eigenvalue weighted by Gasteiger charge is -2.11. The van der Waals surface area contributed by atoms with Crippen LogP contribution in [-0.4, -0.2) is 38.0 Å². The summed E-state index contributed by atoms with van der Waals surface area (Å²) in [5, 5.41) is 6.37. The number of sulfonamides is 1.